The van der Waals surface area contributed by atoms with Gasteiger partial charge in [-0.1, -0.05) is 23.4 Å². The Hall–Kier alpha value is -3.55. The van der Waals surface area contributed by atoms with Crippen LogP contribution >= 0.6 is 0 Å². The molecule has 1 aliphatic rings. The van der Waals surface area contributed by atoms with Gasteiger partial charge in [0.1, 0.15) is 18.2 Å². The molecule has 30 heavy (non-hydrogen) atoms. The molecule has 2 aromatic carbocycles. The van der Waals surface area contributed by atoms with Crippen LogP contribution in [-0.2, 0) is 6.61 Å². The predicted octanol–water partition coefficient (Wildman–Crippen LogP) is 4.60. The fraction of sp³-hybridized carbons (Fsp3) is 0.182. The Morgan fingerprint density at radius 1 is 1.07 bits per heavy atom. The average molecular weight is 414 g/mol. The fourth-order valence-corrected chi connectivity index (χ4v) is 3.16. The summed E-state index contributed by atoms with van der Waals surface area (Å²) in [5.41, 5.74) is 2.10. The SMILES string of the molecule is O=C(c1cc(COc2ccc(F)cc2F)on1)N1CC=C(c2ccc(F)cc2)CC1. The molecule has 8 heteroatoms. The third kappa shape index (κ3) is 4.37. The molecule has 154 valence electrons. The first-order chi connectivity index (χ1) is 14.5. The topological polar surface area (TPSA) is 55.6 Å². The van der Waals surface area contributed by atoms with Gasteiger partial charge in [-0.25, -0.2) is 13.2 Å². The predicted molar refractivity (Wildman–Crippen MR) is 102 cm³/mol. The van der Waals surface area contributed by atoms with Gasteiger partial charge in [-0.15, -0.1) is 0 Å². The van der Waals surface area contributed by atoms with Crippen molar-refractivity contribution in [1.29, 1.82) is 0 Å². The summed E-state index contributed by atoms with van der Waals surface area (Å²) < 4.78 is 50.0. The zero-order valence-electron chi connectivity index (χ0n) is 15.8. The van der Waals surface area contributed by atoms with E-state index >= 15 is 0 Å². The van der Waals surface area contributed by atoms with E-state index in [0.717, 1.165) is 23.3 Å². The third-order valence-electron chi connectivity index (χ3n) is 4.75. The second kappa shape index (κ2) is 8.44. The van der Waals surface area contributed by atoms with Crippen LogP contribution in [0, 0.1) is 17.5 Å². The third-order valence-corrected chi connectivity index (χ3v) is 4.75. The maximum atomic E-state index is 13.6. The van der Waals surface area contributed by atoms with Crippen molar-refractivity contribution in [1.82, 2.24) is 10.1 Å². The molecule has 0 bridgehead atoms. The lowest BCUT2D eigenvalue weighted by atomic mass is 9.99. The number of ether oxygens (including phenoxy) is 1. The molecule has 1 aromatic heterocycles. The van der Waals surface area contributed by atoms with Gasteiger partial charge < -0.3 is 14.2 Å². The van der Waals surface area contributed by atoms with E-state index in [9.17, 15) is 18.0 Å². The van der Waals surface area contributed by atoms with Gasteiger partial charge in [0.25, 0.3) is 5.91 Å². The maximum absolute atomic E-state index is 13.6. The lowest BCUT2D eigenvalue weighted by Crippen LogP contribution is -2.34. The van der Waals surface area contributed by atoms with Gasteiger partial charge in [0.05, 0.1) is 0 Å². The monoisotopic (exact) mass is 414 g/mol. The Morgan fingerprint density at radius 3 is 2.53 bits per heavy atom. The van der Waals surface area contributed by atoms with E-state index in [-0.39, 0.29) is 35.5 Å². The minimum atomic E-state index is -0.831. The molecule has 1 amide bonds. The van der Waals surface area contributed by atoms with Crippen molar-refractivity contribution >= 4 is 11.5 Å². The van der Waals surface area contributed by atoms with Crippen LogP contribution in [0.5, 0.6) is 5.75 Å². The molecule has 2 heterocycles. The standard InChI is InChI=1S/C22H17F3N2O3/c23-16-3-1-14(2-4-16)15-7-9-27(10-8-15)22(28)20-12-18(30-26-20)13-29-21-6-5-17(24)11-19(21)25/h1-7,11-12H,8-10,13H2. The van der Waals surface area contributed by atoms with Crippen LogP contribution in [0.2, 0.25) is 0 Å². The normalized spacial score (nSPS) is 13.8. The number of hydrogen-bond donors (Lipinski definition) is 0. The van der Waals surface area contributed by atoms with Gasteiger partial charge in [0.15, 0.2) is 23.0 Å². The number of aromatic nitrogens is 1. The van der Waals surface area contributed by atoms with Crippen LogP contribution in [0.15, 0.2) is 59.1 Å². The van der Waals surface area contributed by atoms with E-state index in [1.807, 2.05) is 6.08 Å². The Kier molecular flexibility index (Phi) is 5.56. The summed E-state index contributed by atoms with van der Waals surface area (Å²) in [4.78, 5) is 14.3. The lowest BCUT2D eigenvalue weighted by molar-refractivity contribution is 0.0762. The van der Waals surface area contributed by atoms with Gasteiger partial charge in [0.2, 0.25) is 0 Å². The number of nitrogens with zero attached hydrogens (tertiary/aromatic N) is 2. The molecule has 0 aliphatic carbocycles. The van der Waals surface area contributed by atoms with Gasteiger partial charge in [-0.3, -0.25) is 4.79 Å². The highest BCUT2D eigenvalue weighted by Crippen LogP contribution is 2.24. The van der Waals surface area contributed by atoms with Crippen LogP contribution in [0.3, 0.4) is 0 Å². The van der Waals surface area contributed by atoms with Crippen molar-refractivity contribution in [3.05, 3.63) is 89.1 Å². The van der Waals surface area contributed by atoms with Crippen molar-refractivity contribution < 1.29 is 27.2 Å². The molecule has 0 fully saturated rings. The number of amides is 1. The van der Waals surface area contributed by atoms with E-state index in [1.54, 1.807) is 17.0 Å². The second-order valence-corrected chi connectivity index (χ2v) is 6.78. The highest BCUT2D eigenvalue weighted by Gasteiger charge is 2.22. The molecule has 3 aromatic rings. The van der Waals surface area contributed by atoms with Gasteiger partial charge in [0, 0.05) is 25.2 Å². The quantitative estimate of drug-likeness (QED) is 0.612. The van der Waals surface area contributed by atoms with Crippen LogP contribution in [0.25, 0.3) is 5.57 Å². The smallest absolute Gasteiger partial charge is 0.276 e. The van der Waals surface area contributed by atoms with Crippen LogP contribution < -0.4 is 4.74 Å². The number of halogens is 3. The molecule has 0 spiro atoms. The van der Waals surface area contributed by atoms with Crippen LogP contribution in [-0.4, -0.2) is 29.1 Å². The minimum absolute atomic E-state index is 0.117. The van der Waals surface area contributed by atoms with E-state index < -0.39 is 11.6 Å². The van der Waals surface area contributed by atoms with Crippen LogP contribution in [0.4, 0.5) is 13.2 Å². The fourth-order valence-electron chi connectivity index (χ4n) is 3.16. The Labute approximate surface area is 170 Å². The summed E-state index contributed by atoms with van der Waals surface area (Å²) in [6.45, 7) is 0.726. The molecule has 0 saturated heterocycles. The highest BCUT2D eigenvalue weighted by atomic mass is 19.1. The van der Waals surface area contributed by atoms with E-state index in [0.29, 0.717) is 19.5 Å². The van der Waals surface area contributed by atoms with E-state index in [1.165, 1.54) is 24.3 Å². The average Bonchev–Trinajstić information content (AvgIpc) is 3.22. The number of carbonyl (C=O) groups excluding carboxylic acids is 1. The van der Waals surface area contributed by atoms with Crippen molar-refractivity contribution in [3.8, 4) is 5.75 Å². The number of rotatable bonds is 5. The summed E-state index contributed by atoms with van der Waals surface area (Å²) in [6, 6.07) is 10.6. The second-order valence-electron chi connectivity index (χ2n) is 6.78. The van der Waals surface area contributed by atoms with E-state index in [2.05, 4.69) is 5.16 Å². The Balaban J connectivity index is 1.36. The Bertz CT molecular complexity index is 1090. The van der Waals surface area contributed by atoms with Gasteiger partial charge >= 0.3 is 0 Å². The summed E-state index contributed by atoms with van der Waals surface area (Å²) >= 11 is 0. The zero-order chi connectivity index (χ0) is 21.1. The zero-order valence-corrected chi connectivity index (χ0v) is 15.8. The van der Waals surface area contributed by atoms with Crippen molar-refractivity contribution in [2.24, 2.45) is 0 Å². The van der Waals surface area contributed by atoms with Crippen molar-refractivity contribution in [2.45, 2.75) is 13.0 Å². The first-order valence-corrected chi connectivity index (χ1v) is 9.27. The molecule has 4 rings (SSSR count). The van der Waals surface area contributed by atoms with Crippen molar-refractivity contribution in [3.63, 3.8) is 0 Å². The molecule has 0 N–H and O–H groups in total. The van der Waals surface area contributed by atoms with Gasteiger partial charge in [-0.2, -0.15) is 0 Å². The highest BCUT2D eigenvalue weighted by molar-refractivity contribution is 5.92. The first kappa shape index (κ1) is 19.8. The molecule has 5 nitrogen and oxygen atoms in total. The van der Waals surface area contributed by atoms with E-state index in [4.69, 9.17) is 9.26 Å². The largest absolute Gasteiger partial charge is 0.482 e. The Morgan fingerprint density at radius 2 is 1.83 bits per heavy atom. The summed E-state index contributed by atoms with van der Waals surface area (Å²) in [7, 11) is 0. The molecule has 0 saturated carbocycles. The molecule has 0 atom stereocenters. The van der Waals surface area contributed by atoms with Gasteiger partial charge in [-0.05, 0) is 41.8 Å². The van der Waals surface area contributed by atoms with Crippen molar-refractivity contribution in [2.75, 3.05) is 13.1 Å². The minimum Gasteiger partial charge on any atom is -0.482 e. The summed E-state index contributed by atoms with van der Waals surface area (Å²) in [5, 5.41) is 3.76. The summed E-state index contributed by atoms with van der Waals surface area (Å²) in [6.07, 6.45) is 2.56. The lowest BCUT2D eigenvalue weighted by Gasteiger charge is -2.25. The number of carbonyl (C=O) groups is 1. The molecule has 0 unspecified atom stereocenters. The molecular weight excluding hydrogens is 397 g/mol. The number of benzene rings is 2. The molecular formula is C22H17F3N2O3. The number of hydrogen-bond acceptors (Lipinski definition) is 4. The van der Waals surface area contributed by atoms with Crippen LogP contribution in [0.1, 0.15) is 28.2 Å². The molecule has 0 radical (unpaired) electrons. The summed E-state index contributed by atoms with van der Waals surface area (Å²) in [5.74, 6) is -2.02. The molecule has 1 aliphatic heterocycles. The first-order valence-electron chi connectivity index (χ1n) is 9.27. The maximum Gasteiger partial charge on any atom is 0.276 e.